The van der Waals surface area contributed by atoms with Gasteiger partial charge in [-0.05, 0) is 92.8 Å². The molecule has 24 nitrogen and oxygen atoms in total. The summed E-state index contributed by atoms with van der Waals surface area (Å²) in [7, 11) is -4.71. The molecule has 0 radical (unpaired) electrons. The number of carboxylic acid groups (broad SMARTS) is 1. The summed E-state index contributed by atoms with van der Waals surface area (Å²) in [5, 5.41) is 8.70. The summed E-state index contributed by atoms with van der Waals surface area (Å²) in [6.07, 6.45) is 9.91. The molecule has 5 N–H and O–H groups in total. The third-order valence-corrected chi connectivity index (χ3v) is 23.5. The number of halogens is 3. The number of esters is 2. The maximum Gasteiger partial charge on any atom is 0.326 e. The van der Waals surface area contributed by atoms with Crippen LogP contribution in [0.25, 0.3) is 0 Å². The number of sulfonamides is 2. The number of likely N-dealkylation sites (tertiary alicyclic amines) is 2. The van der Waals surface area contributed by atoms with Crippen molar-refractivity contribution in [2.24, 2.45) is 61.1 Å². The molecule has 0 aromatic carbocycles. The molecule has 0 bridgehead atoms. The van der Waals surface area contributed by atoms with Crippen LogP contribution in [0, 0.1) is 57.2 Å². The van der Waals surface area contributed by atoms with Gasteiger partial charge in [0.2, 0.25) is 27.7 Å². The second-order valence-corrected chi connectivity index (χ2v) is 33.1. The number of rotatable bonds is 26. The molecule has 2 aliphatic heterocycles. The number of Topliss-reactive ketones (excluding diaryl/α,β-unsaturated/α-hetero) is 1. The number of aliphatic carboxylic acids is 1. The minimum atomic E-state index is -3.81. The number of pyridine rings is 2. The molecule has 89 heavy (non-hydrogen) atoms. The van der Waals surface area contributed by atoms with E-state index in [0.717, 1.165) is 0 Å². The number of hydrogen-bond acceptors (Lipinski definition) is 19. The molecule has 10 atom stereocenters. The number of nitrogens with two attached hydrogens (primary N) is 1. The molecule has 6 aliphatic rings. The van der Waals surface area contributed by atoms with Crippen LogP contribution < -0.4 is 44.3 Å². The number of nitrogens with zero attached hydrogens (tertiary/aromatic N) is 4. The minimum absolute atomic E-state index is 0.0835. The smallest absolute Gasteiger partial charge is 0.326 e. The number of aromatic nitrogens is 2. The summed E-state index contributed by atoms with van der Waals surface area (Å²) in [6, 6.07) is 5.04. The Hall–Kier alpha value is -5.11. The molecule has 0 spiro atoms. The van der Waals surface area contributed by atoms with E-state index in [9.17, 15) is 60.3 Å². The van der Waals surface area contributed by atoms with E-state index in [1.54, 1.807) is 48.8 Å². The van der Waals surface area contributed by atoms with E-state index in [2.05, 4.69) is 64.4 Å². The topological polar surface area (TPSA) is 344 Å². The van der Waals surface area contributed by atoms with Crippen molar-refractivity contribution in [3.63, 3.8) is 0 Å². The van der Waals surface area contributed by atoms with Gasteiger partial charge in [-0.25, -0.2) is 23.2 Å². The van der Waals surface area contributed by atoms with E-state index in [4.69, 9.17) is 22.9 Å². The Labute approximate surface area is 548 Å². The minimum Gasteiger partial charge on any atom is -0.493 e. The first kappa shape index (κ1) is 72.9. The van der Waals surface area contributed by atoms with E-state index < -0.39 is 116 Å². The van der Waals surface area contributed by atoms with Crippen molar-refractivity contribution >= 4 is 99.2 Å². The van der Waals surface area contributed by atoms with Crippen LogP contribution in [0.1, 0.15) is 112 Å². The van der Waals surface area contributed by atoms with Gasteiger partial charge in [-0.1, -0.05) is 47.6 Å². The molecule has 6 fully saturated rings. The number of alkyl halides is 1. The molecular formula is C60H83Br2IN7O17S2-. The normalized spacial score (nSPS) is 25.2. The van der Waals surface area contributed by atoms with Gasteiger partial charge in [0.15, 0.2) is 5.78 Å². The van der Waals surface area contributed by atoms with E-state index in [0.29, 0.717) is 76.5 Å². The predicted octanol–water partition coefficient (Wildman–Crippen LogP) is 2.93. The summed E-state index contributed by atoms with van der Waals surface area (Å²) in [4.78, 5) is 114. The number of allylic oxidation sites excluding steroid dienone is 2. The van der Waals surface area contributed by atoms with Crippen LogP contribution in [0.15, 0.2) is 71.2 Å². The quantitative estimate of drug-likeness (QED) is 0.0263. The van der Waals surface area contributed by atoms with Gasteiger partial charge in [0.05, 0.1) is 68.8 Å². The van der Waals surface area contributed by atoms with Gasteiger partial charge in [-0.15, -0.1) is 6.58 Å². The molecule has 8 rings (SSSR count). The third kappa shape index (κ3) is 19.2. The second-order valence-electron chi connectivity index (χ2n) is 25.9. The van der Waals surface area contributed by atoms with Gasteiger partial charge in [0.1, 0.15) is 26.7 Å². The first-order valence-electron chi connectivity index (χ1n) is 29.2. The molecule has 29 heteroatoms. The average molecular weight is 1530 g/mol. The van der Waals surface area contributed by atoms with Crippen LogP contribution in [0.4, 0.5) is 0 Å². The fraction of sp³-hybridized carbons (Fsp3) is 0.633. The van der Waals surface area contributed by atoms with Gasteiger partial charge in [0.25, 0.3) is 0 Å². The number of ether oxygens (including phenoxy) is 4. The number of hydrogen-bond donors (Lipinski definition) is 4. The van der Waals surface area contributed by atoms with Gasteiger partial charge in [-0.3, -0.25) is 33.5 Å². The summed E-state index contributed by atoms with van der Waals surface area (Å²) in [6.45, 7) is 19.5. The van der Waals surface area contributed by atoms with Crippen molar-refractivity contribution in [1.29, 1.82) is 0 Å². The Morgan fingerprint density at radius 1 is 0.708 bits per heavy atom. The average Bonchev–Trinajstić information content (AvgIpc) is 2.24. The Bertz CT molecular complexity index is 3230. The molecule has 494 valence electrons. The molecule has 4 heterocycles. The van der Waals surface area contributed by atoms with Crippen LogP contribution >= 0.6 is 31.9 Å². The summed E-state index contributed by atoms with van der Waals surface area (Å²) in [5.41, 5.74) is -2.94. The van der Waals surface area contributed by atoms with E-state index in [1.807, 2.05) is 41.5 Å². The summed E-state index contributed by atoms with van der Waals surface area (Å²) in [5.74, 6) is -5.04. The Balaban J connectivity index is 0.000000235. The van der Waals surface area contributed by atoms with Gasteiger partial charge in [0, 0.05) is 55.9 Å². The van der Waals surface area contributed by atoms with Gasteiger partial charge >= 0.3 is 130 Å². The first-order valence-corrected chi connectivity index (χ1v) is 36.7. The zero-order chi connectivity index (χ0) is 66.2. The van der Waals surface area contributed by atoms with Crippen molar-refractivity contribution in [2.75, 3.05) is 45.0 Å². The Kier molecular flexibility index (Phi) is 24.7. The van der Waals surface area contributed by atoms with Crippen molar-refractivity contribution in [2.45, 2.75) is 135 Å². The van der Waals surface area contributed by atoms with Crippen molar-refractivity contribution < 1.29 is 101 Å². The fourth-order valence-corrected chi connectivity index (χ4v) is 16.6. The van der Waals surface area contributed by atoms with E-state index in [1.165, 1.54) is 24.0 Å². The van der Waals surface area contributed by atoms with Crippen molar-refractivity contribution in [1.82, 2.24) is 29.2 Å². The zero-order valence-electron chi connectivity index (χ0n) is 51.4. The molecule has 2 aromatic heterocycles. The number of carbonyl (C=O) groups is 8. The number of nitrogens with one attached hydrogen (secondary N) is 2. The van der Waals surface area contributed by atoms with Crippen molar-refractivity contribution in [3.8, 4) is 11.5 Å². The van der Waals surface area contributed by atoms with Crippen LogP contribution in [-0.2, 0) is 67.9 Å². The molecule has 2 aromatic rings. The first-order chi connectivity index (χ1) is 41.6. The largest absolute Gasteiger partial charge is 0.493 e. The fourth-order valence-electron chi connectivity index (χ4n) is 11.2. The third-order valence-electron chi connectivity index (χ3n) is 17.2. The molecule has 4 aliphatic carbocycles. The zero-order valence-corrected chi connectivity index (χ0v) is 58.4. The summed E-state index contributed by atoms with van der Waals surface area (Å²) >= 11 is 6.05. The molecule has 2 saturated heterocycles. The maximum atomic E-state index is 14.1. The standard InChI is InChI=1S/C30H40BrN3O8S.C20H27BrN2O6.C10H16IN2O3S/c1-6-19-14-30(19,28(38)33-43(39,40)21-7-8-21)15-24(35)23-11-18(17-42-20-9-10-32-25(31)12-20)16-34(23)27(37)22(29(2,3)4)13-26(36)41-5;1-20(2,3)14(9-17(24)28-4)18(25)23-10-12(7-15(23)19(26)27)11-29-13-5-6-22-16(21)8-13;1-2-7-5-10(7,6-11-12)9(14)13-17(15,16)8-3-4-8/h6,9-10,12,18-19,21-23H,1,7-8,11,13-17H2,2-5H3,(H,33,38);5-6,8,12,14-15H,7,9-11H2,1-4H3,(H,26,27);2,7-8H,1,3-6,12H2,(H,13,14)/q;;-1/t18-,19?,22-,23+,30-;12-,14-,15+;7?,10-/m111/s1. The second kappa shape index (κ2) is 30.1. The van der Waals surface area contributed by atoms with Crippen LogP contribution in [0.2, 0.25) is 0 Å². The van der Waals surface area contributed by atoms with Crippen molar-refractivity contribution in [3.05, 3.63) is 71.2 Å². The van der Waals surface area contributed by atoms with Gasteiger partial charge in [-0.2, -0.15) is 0 Å². The summed E-state index contributed by atoms with van der Waals surface area (Å²) < 4.78 is 81.7. The molecular weight excluding hydrogens is 1440 g/mol. The number of amides is 4. The van der Waals surface area contributed by atoms with E-state index in [-0.39, 0.29) is 98.0 Å². The maximum absolute atomic E-state index is 14.1. The Morgan fingerprint density at radius 3 is 1.45 bits per heavy atom. The number of ketones is 1. The molecule has 4 amide bonds. The molecule has 4 saturated carbocycles. The van der Waals surface area contributed by atoms with Gasteiger partial charge < -0.3 is 33.9 Å². The predicted molar refractivity (Wildman–Crippen MR) is 329 cm³/mol. The number of carbonyl (C=O) groups excluding carboxylic acids is 7. The SMILES string of the molecule is C=CC1C[C@]1(CC(=O)[C@@H]1C[C@@H](COc2ccnc(Br)c2)CN1C(=O)[C@@H](CC(=O)OC)C(C)(C)C)C(=O)NS(=O)(=O)C1CC1.C=CC1C[C@]1(C[I-]N)C(=O)NS(=O)(=O)C1CC1.COC(=O)C[C@H](C(=O)N1C[C@H](COc2ccnc(Br)c2)C[C@H]1C(=O)O)C(C)(C)C. The van der Waals surface area contributed by atoms with Crippen LogP contribution in [0.5, 0.6) is 11.5 Å². The number of methoxy groups -OCH3 is 2. The van der Waals surface area contributed by atoms with Crippen LogP contribution in [-0.4, -0.2) is 157 Å². The number of carboxylic acids is 1. The van der Waals surface area contributed by atoms with E-state index >= 15 is 0 Å². The molecule has 2 unspecified atom stereocenters. The Morgan fingerprint density at radius 2 is 1.10 bits per heavy atom. The van der Waals surface area contributed by atoms with Crippen LogP contribution in [0.3, 0.4) is 0 Å². The monoisotopic (exact) mass is 1520 g/mol.